The van der Waals surface area contributed by atoms with Gasteiger partial charge in [0.25, 0.3) is 0 Å². The van der Waals surface area contributed by atoms with Gasteiger partial charge in [-0.2, -0.15) is 0 Å². The first kappa shape index (κ1) is 14.0. The van der Waals surface area contributed by atoms with Crippen LogP contribution in [0.2, 0.25) is 0 Å². The molecule has 0 amide bonds. The van der Waals surface area contributed by atoms with Gasteiger partial charge in [0, 0.05) is 29.4 Å². The lowest BCUT2D eigenvalue weighted by atomic mass is 9.83. The summed E-state index contributed by atoms with van der Waals surface area (Å²) in [5.41, 5.74) is 6.94. The molecule has 3 N–H and O–H groups in total. The number of hydrogen-bond acceptors (Lipinski definition) is 3. The van der Waals surface area contributed by atoms with Crippen molar-refractivity contribution in [2.75, 3.05) is 0 Å². The fourth-order valence-electron chi connectivity index (χ4n) is 3.11. The Labute approximate surface area is 123 Å². The van der Waals surface area contributed by atoms with Gasteiger partial charge in [0.15, 0.2) is 11.2 Å². The van der Waals surface area contributed by atoms with Crippen LogP contribution in [0.1, 0.15) is 42.6 Å². The molecular formula is C17H20N2O2. The molecule has 4 nitrogen and oxygen atoms in total. The fraction of sp³-hybridized carbons (Fsp3) is 0.412. The molecule has 1 aliphatic rings. The average molecular weight is 284 g/mol. The highest BCUT2D eigenvalue weighted by Crippen LogP contribution is 2.27. The molecule has 0 aliphatic heterocycles. The molecule has 0 unspecified atom stereocenters. The van der Waals surface area contributed by atoms with Crippen LogP contribution in [-0.2, 0) is 0 Å². The zero-order valence-corrected chi connectivity index (χ0v) is 12.0. The Hall–Kier alpha value is -1.94. The number of fused-ring (bicyclic) bond motifs is 1. The van der Waals surface area contributed by atoms with E-state index in [0.29, 0.717) is 23.4 Å². The highest BCUT2D eigenvalue weighted by Gasteiger charge is 2.22. The second-order valence-corrected chi connectivity index (χ2v) is 6.00. The lowest BCUT2D eigenvalue weighted by Gasteiger charge is -2.25. The van der Waals surface area contributed by atoms with Crippen molar-refractivity contribution in [1.82, 2.24) is 4.98 Å². The Morgan fingerprint density at radius 3 is 2.67 bits per heavy atom. The van der Waals surface area contributed by atoms with Gasteiger partial charge in [0.05, 0.1) is 5.69 Å². The highest BCUT2D eigenvalue weighted by atomic mass is 16.1. The van der Waals surface area contributed by atoms with E-state index in [1.807, 2.05) is 18.2 Å². The first-order valence-electron chi connectivity index (χ1n) is 7.54. The average Bonchev–Trinajstić information content (AvgIpc) is 2.49. The second-order valence-electron chi connectivity index (χ2n) is 6.00. The molecule has 1 heterocycles. The second kappa shape index (κ2) is 5.82. The van der Waals surface area contributed by atoms with E-state index in [9.17, 15) is 9.59 Å². The molecule has 1 aromatic carbocycles. The van der Waals surface area contributed by atoms with Crippen molar-refractivity contribution in [3.8, 4) is 0 Å². The van der Waals surface area contributed by atoms with Crippen LogP contribution in [0.4, 0.5) is 0 Å². The minimum Gasteiger partial charge on any atom is -0.352 e. The first-order valence-corrected chi connectivity index (χ1v) is 7.54. The quantitative estimate of drug-likeness (QED) is 0.851. The van der Waals surface area contributed by atoms with E-state index in [2.05, 4.69) is 4.98 Å². The number of para-hydroxylation sites is 1. The zero-order chi connectivity index (χ0) is 14.8. The largest absolute Gasteiger partial charge is 0.352 e. The molecule has 0 saturated heterocycles. The third-order valence-electron chi connectivity index (χ3n) is 4.40. The van der Waals surface area contributed by atoms with Gasteiger partial charge >= 0.3 is 0 Å². The fourth-order valence-corrected chi connectivity index (χ4v) is 3.11. The maximum Gasteiger partial charge on any atom is 0.190 e. The maximum absolute atomic E-state index is 12.4. The molecule has 1 saturated carbocycles. The number of hydrogen-bond donors (Lipinski definition) is 2. The first-order chi connectivity index (χ1) is 10.1. The van der Waals surface area contributed by atoms with Gasteiger partial charge in [-0.15, -0.1) is 0 Å². The van der Waals surface area contributed by atoms with Crippen molar-refractivity contribution >= 4 is 16.7 Å². The van der Waals surface area contributed by atoms with Gasteiger partial charge in [0.1, 0.15) is 0 Å². The number of Topliss-reactive ketones (excluding diaryl/α,β-unsaturated/α-hetero) is 1. The molecule has 3 rings (SSSR count). The lowest BCUT2D eigenvalue weighted by Crippen LogP contribution is -2.27. The SMILES string of the molecule is NC1CCC(CC(=O)c2cc(=O)c3ccccc3[nH]2)CC1. The standard InChI is InChI=1S/C17H20N2O2/c18-12-7-5-11(6-8-12)9-17(21)15-10-16(20)13-3-1-2-4-14(13)19-15/h1-4,10-12H,5-9,18H2,(H,19,20). The van der Waals surface area contributed by atoms with E-state index in [1.54, 1.807) is 6.07 Å². The Morgan fingerprint density at radius 1 is 1.19 bits per heavy atom. The molecule has 0 bridgehead atoms. The number of aromatic amines is 1. The molecular weight excluding hydrogens is 264 g/mol. The summed E-state index contributed by atoms with van der Waals surface area (Å²) in [5, 5.41) is 0.623. The summed E-state index contributed by atoms with van der Waals surface area (Å²) < 4.78 is 0. The monoisotopic (exact) mass is 284 g/mol. The molecule has 1 aliphatic carbocycles. The van der Waals surface area contributed by atoms with Crippen LogP contribution in [0.5, 0.6) is 0 Å². The zero-order valence-electron chi connectivity index (χ0n) is 12.0. The molecule has 21 heavy (non-hydrogen) atoms. The van der Waals surface area contributed by atoms with Gasteiger partial charge in [-0.05, 0) is 43.7 Å². The summed E-state index contributed by atoms with van der Waals surface area (Å²) in [5.74, 6) is 0.422. The molecule has 1 aromatic heterocycles. The number of rotatable bonds is 3. The number of carbonyl (C=O) groups is 1. The van der Waals surface area contributed by atoms with E-state index in [0.717, 1.165) is 31.2 Å². The Kier molecular flexibility index (Phi) is 3.88. The van der Waals surface area contributed by atoms with E-state index in [4.69, 9.17) is 5.73 Å². The summed E-state index contributed by atoms with van der Waals surface area (Å²) in [4.78, 5) is 27.5. The van der Waals surface area contributed by atoms with Crippen molar-refractivity contribution in [2.24, 2.45) is 11.7 Å². The van der Waals surface area contributed by atoms with Crippen molar-refractivity contribution in [2.45, 2.75) is 38.1 Å². The molecule has 1 fully saturated rings. The van der Waals surface area contributed by atoms with Crippen molar-refractivity contribution in [3.05, 3.63) is 46.2 Å². The summed E-state index contributed by atoms with van der Waals surface area (Å²) >= 11 is 0. The number of aromatic nitrogens is 1. The van der Waals surface area contributed by atoms with E-state index < -0.39 is 0 Å². The predicted molar refractivity (Wildman–Crippen MR) is 83.4 cm³/mol. The molecule has 4 heteroatoms. The molecule has 0 atom stereocenters. The summed E-state index contributed by atoms with van der Waals surface area (Å²) in [7, 11) is 0. The van der Waals surface area contributed by atoms with Crippen LogP contribution >= 0.6 is 0 Å². The Balaban J connectivity index is 1.80. The van der Waals surface area contributed by atoms with Crippen LogP contribution in [0, 0.1) is 5.92 Å². The van der Waals surface area contributed by atoms with Crippen LogP contribution in [0.15, 0.2) is 35.1 Å². The van der Waals surface area contributed by atoms with Crippen LogP contribution in [-0.4, -0.2) is 16.8 Å². The maximum atomic E-state index is 12.4. The van der Waals surface area contributed by atoms with Crippen LogP contribution < -0.4 is 11.2 Å². The predicted octanol–water partition coefficient (Wildman–Crippen LogP) is 2.62. The Morgan fingerprint density at radius 2 is 1.90 bits per heavy atom. The summed E-state index contributed by atoms with van der Waals surface area (Å²) in [6.07, 6.45) is 4.49. The number of nitrogens with one attached hydrogen (secondary N) is 1. The Bertz CT molecular complexity index is 712. The number of pyridine rings is 1. The number of H-pyrrole nitrogens is 1. The third-order valence-corrected chi connectivity index (χ3v) is 4.40. The molecule has 0 radical (unpaired) electrons. The van der Waals surface area contributed by atoms with E-state index in [-0.39, 0.29) is 17.3 Å². The van der Waals surface area contributed by atoms with Gasteiger partial charge in [-0.25, -0.2) is 0 Å². The van der Waals surface area contributed by atoms with Gasteiger partial charge in [0.2, 0.25) is 0 Å². The molecule has 0 spiro atoms. The van der Waals surface area contributed by atoms with Gasteiger partial charge < -0.3 is 10.7 Å². The minimum atomic E-state index is -0.0987. The number of nitrogens with two attached hydrogens (primary N) is 1. The highest BCUT2D eigenvalue weighted by molar-refractivity contribution is 5.96. The molecule has 110 valence electrons. The normalized spacial score (nSPS) is 22.3. The van der Waals surface area contributed by atoms with Crippen LogP contribution in [0.3, 0.4) is 0 Å². The van der Waals surface area contributed by atoms with Crippen molar-refractivity contribution < 1.29 is 4.79 Å². The molecule has 2 aromatic rings. The summed E-state index contributed by atoms with van der Waals surface area (Å²) in [6.45, 7) is 0. The third kappa shape index (κ3) is 3.05. The van der Waals surface area contributed by atoms with Crippen molar-refractivity contribution in [3.63, 3.8) is 0 Å². The number of ketones is 1. The lowest BCUT2D eigenvalue weighted by molar-refractivity contribution is 0.0943. The van der Waals surface area contributed by atoms with Gasteiger partial charge in [-0.1, -0.05) is 12.1 Å². The van der Waals surface area contributed by atoms with Gasteiger partial charge in [-0.3, -0.25) is 9.59 Å². The smallest absolute Gasteiger partial charge is 0.190 e. The minimum absolute atomic E-state index is 0.0262. The number of benzene rings is 1. The number of carbonyl (C=O) groups excluding carboxylic acids is 1. The van der Waals surface area contributed by atoms with Crippen molar-refractivity contribution in [1.29, 1.82) is 0 Å². The summed E-state index contributed by atoms with van der Waals surface area (Å²) in [6, 6.07) is 8.99. The van der Waals surface area contributed by atoms with Crippen LogP contribution in [0.25, 0.3) is 10.9 Å². The van der Waals surface area contributed by atoms with E-state index in [1.165, 1.54) is 6.07 Å². The van der Waals surface area contributed by atoms with E-state index >= 15 is 0 Å². The topological polar surface area (TPSA) is 76.0 Å².